The van der Waals surface area contributed by atoms with E-state index in [1.807, 2.05) is 43.3 Å². The third kappa shape index (κ3) is 3.71. The van der Waals surface area contributed by atoms with Crippen LogP contribution in [0.3, 0.4) is 0 Å². The van der Waals surface area contributed by atoms with Gasteiger partial charge in [-0.1, -0.05) is 30.3 Å². The molecule has 2 aromatic rings. The number of hydrogen-bond donors (Lipinski definition) is 2. The first-order chi connectivity index (χ1) is 11.7. The van der Waals surface area contributed by atoms with Gasteiger partial charge in [-0.2, -0.15) is 5.10 Å². The minimum atomic E-state index is -0.767. The maximum atomic E-state index is 11.7. The second kappa shape index (κ2) is 7.12. The van der Waals surface area contributed by atoms with Gasteiger partial charge in [0.1, 0.15) is 5.75 Å². The average Bonchev–Trinajstić information content (AvgIpc) is 3.40. The van der Waals surface area contributed by atoms with Crippen LogP contribution in [-0.4, -0.2) is 30.7 Å². The Labute approximate surface area is 139 Å². The molecule has 1 fully saturated rings. The highest BCUT2D eigenvalue weighted by Gasteiger charge is 2.26. The lowest BCUT2D eigenvalue weighted by Crippen LogP contribution is -2.38. The SMILES string of the molecule is CCOc1ccc2ccccc2c1/C=N\NC(=O)C(=O)NC1CC1. The van der Waals surface area contributed by atoms with Gasteiger partial charge in [-0.15, -0.1) is 0 Å². The first-order valence-corrected chi connectivity index (χ1v) is 7.97. The van der Waals surface area contributed by atoms with Crippen molar-refractivity contribution in [3.63, 3.8) is 0 Å². The number of carbonyl (C=O) groups excluding carboxylic acids is 2. The van der Waals surface area contributed by atoms with Crippen LogP contribution in [0, 0.1) is 0 Å². The fourth-order valence-corrected chi connectivity index (χ4v) is 2.37. The van der Waals surface area contributed by atoms with E-state index in [-0.39, 0.29) is 6.04 Å². The number of fused-ring (bicyclic) bond motifs is 1. The zero-order valence-electron chi connectivity index (χ0n) is 13.4. The summed E-state index contributed by atoms with van der Waals surface area (Å²) in [6.07, 6.45) is 3.36. The lowest BCUT2D eigenvalue weighted by molar-refractivity contribution is -0.139. The Morgan fingerprint density at radius 2 is 2.00 bits per heavy atom. The minimum absolute atomic E-state index is 0.134. The molecule has 124 valence electrons. The lowest BCUT2D eigenvalue weighted by Gasteiger charge is -2.10. The van der Waals surface area contributed by atoms with E-state index in [2.05, 4.69) is 15.8 Å². The molecular formula is C18H19N3O3. The fraction of sp³-hybridized carbons (Fsp3) is 0.278. The smallest absolute Gasteiger partial charge is 0.329 e. The summed E-state index contributed by atoms with van der Waals surface area (Å²) >= 11 is 0. The number of nitrogens with one attached hydrogen (secondary N) is 2. The Morgan fingerprint density at radius 1 is 1.21 bits per heavy atom. The van der Waals surface area contributed by atoms with Crippen molar-refractivity contribution in [1.82, 2.24) is 10.7 Å². The maximum Gasteiger partial charge on any atom is 0.329 e. The van der Waals surface area contributed by atoms with E-state index in [0.717, 1.165) is 29.2 Å². The summed E-state index contributed by atoms with van der Waals surface area (Å²) in [5, 5.41) is 8.54. The highest BCUT2D eigenvalue weighted by molar-refractivity contribution is 6.35. The number of nitrogens with zero attached hydrogens (tertiary/aromatic N) is 1. The molecule has 0 bridgehead atoms. The summed E-state index contributed by atoms with van der Waals surface area (Å²) in [5.41, 5.74) is 3.02. The van der Waals surface area contributed by atoms with E-state index in [9.17, 15) is 9.59 Å². The second-order valence-corrected chi connectivity index (χ2v) is 5.58. The predicted octanol–water partition coefficient (Wildman–Crippen LogP) is 1.97. The number of amides is 2. The quantitative estimate of drug-likeness (QED) is 0.501. The van der Waals surface area contributed by atoms with Gasteiger partial charge < -0.3 is 10.1 Å². The Hall–Kier alpha value is -2.89. The molecule has 3 rings (SSSR count). The summed E-state index contributed by atoms with van der Waals surface area (Å²) in [4.78, 5) is 23.3. The van der Waals surface area contributed by atoms with Crippen LogP contribution < -0.4 is 15.5 Å². The normalized spacial score (nSPS) is 13.9. The van der Waals surface area contributed by atoms with Gasteiger partial charge in [-0.25, -0.2) is 5.43 Å². The Kier molecular flexibility index (Phi) is 4.74. The van der Waals surface area contributed by atoms with Crippen molar-refractivity contribution >= 4 is 28.8 Å². The molecule has 0 unspecified atom stereocenters. The molecule has 1 aliphatic rings. The number of rotatable bonds is 5. The first kappa shape index (κ1) is 16.0. The van der Waals surface area contributed by atoms with Gasteiger partial charge in [0.25, 0.3) is 0 Å². The van der Waals surface area contributed by atoms with Gasteiger partial charge in [0.2, 0.25) is 0 Å². The third-order valence-corrected chi connectivity index (χ3v) is 3.71. The van der Waals surface area contributed by atoms with Crippen LogP contribution in [0.1, 0.15) is 25.3 Å². The molecule has 6 nitrogen and oxygen atoms in total. The number of hydrogen-bond acceptors (Lipinski definition) is 4. The van der Waals surface area contributed by atoms with Crippen molar-refractivity contribution in [3.05, 3.63) is 42.0 Å². The van der Waals surface area contributed by atoms with Crippen molar-refractivity contribution in [3.8, 4) is 5.75 Å². The van der Waals surface area contributed by atoms with Gasteiger partial charge in [-0.3, -0.25) is 9.59 Å². The topological polar surface area (TPSA) is 79.8 Å². The monoisotopic (exact) mass is 325 g/mol. The summed E-state index contributed by atoms with van der Waals surface area (Å²) in [7, 11) is 0. The van der Waals surface area contributed by atoms with Gasteiger partial charge in [0.15, 0.2) is 0 Å². The number of carbonyl (C=O) groups is 2. The summed E-state index contributed by atoms with van der Waals surface area (Å²) in [6, 6.07) is 11.8. The number of hydrazone groups is 1. The van der Waals surface area contributed by atoms with Crippen LogP contribution in [0.2, 0.25) is 0 Å². The van der Waals surface area contributed by atoms with E-state index in [4.69, 9.17) is 4.74 Å². The van der Waals surface area contributed by atoms with Gasteiger partial charge in [0.05, 0.1) is 12.8 Å². The van der Waals surface area contributed by atoms with Crippen LogP contribution >= 0.6 is 0 Å². The molecule has 0 aromatic heterocycles. The Balaban J connectivity index is 1.78. The standard InChI is InChI=1S/C18H19N3O3/c1-2-24-16-10-7-12-5-3-4-6-14(12)15(16)11-19-21-18(23)17(22)20-13-8-9-13/h3-7,10-11,13H,2,8-9H2,1H3,(H,20,22)(H,21,23)/b19-11-. The Morgan fingerprint density at radius 3 is 2.75 bits per heavy atom. The van der Waals surface area contributed by atoms with Crippen LogP contribution in [0.25, 0.3) is 10.8 Å². The van der Waals surface area contributed by atoms with Crippen LogP contribution in [0.15, 0.2) is 41.5 Å². The molecule has 1 saturated carbocycles. The summed E-state index contributed by atoms with van der Waals surface area (Å²) < 4.78 is 5.63. The molecule has 0 spiro atoms. The molecule has 1 aliphatic carbocycles. The van der Waals surface area contributed by atoms with Gasteiger partial charge in [0, 0.05) is 11.6 Å². The molecule has 0 aliphatic heterocycles. The van der Waals surface area contributed by atoms with Crippen molar-refractivity contribution in [1.29, 1.82) is 0 Å². The fourth-order valence-electron chi connectivity index (χ4n) is 2.37. The Bertz CT molecular complexity index is 797. The van der Waals surface area contributed by atoms with E-state index in [1.165, 1.54) is 6.21 Å². The molecule has 2 amide bonds. The summed E-state index contributed by atoms with van der Waals surface area (Å²) in [5.74, 6) is -0.745. The molecule has 2 N–H and O–H groups in total. The van der Waals surface area contributed by atoms with Crippen LogP contribution in [-0.2, 0) is 9.59 Å². The molecule has 0 saturated heterocycles. The van der Waals surface area contributed by atoms with E-state index < -0.39 is 11.8 Å². The van der Waals surface area contributed by atoms with Crippen molar-refractivity contribution in [2.45, 2.75) is 25.8 Å². The second-order valence-electron chi connectivity index (χ2n) is 5.58. The van der Waals surface area contributed by atoms with Crippen molar-refractivity contribution in [2.75, 3.05) is 6.61 Å². The van der Waals surface area contributed by atoms with Crippen LogP contribution in [0.5, 0.6) is 5.75 Å². The van der Waals surface area contributed by atoms with Gasteiger partial charge >= 0.3 is 11.8 Å². The highest BCUT2D eigenvalue weighted by Crippen LogP contribution is 2.26. The van der Waals surface area contributed by atoms with E-state index >= 15 is 0 Å². The highest BCUT2D eigenvalue weighted by atomic mass is 16.5. The molecule has 0 heterocycles. The zero-order valence-corrected chi connectivity index (χ0v) is 13.4. The first-order valence-electron chi connectivity index (χ1n) is 7.97. The average molecular weight is 325 g/mol. The third-order valence-electron chi connectivity index (χ3n) is 3.71. The van der Waals surface area contributed by atoms with Crippen LogP contribution in [0.4, 0.5) is 0 Å². The molecular weight excluding hydrogens is 306 g/mol. The van der Waals surface area contributed by atoms with Crippen molar-refractivity contribution < 1.29 is 14.3 Å². The van der Waals surface area contributed by atoms with Gasteiger partial charge in [-0.05, 0) is 36.6 Å². The van der Waals surface area contributed by atoms with Crippen molar-refractivity contribution in [2.24, 2.45) is 5.10 Å². The lowest BCUT2D eigenvalue weighted by atomic mass is 10.0. The zero-order chi connectivity index (χ0) is 16.9. The molecule has 24 heavy (non-hydrogen) atoms. The maximum absolute atomic E-state index is 11.7. The molecule has 0 atom stereocenters. The van der Waals surface area contributed by atoms with E-state index in [1.54, 1.807) is 0 Å². The predicted molar refractivity (Wildman–Crippen MR) is 92.0 cm³/mol. The number of ether oxygens (including phenoxy) is 1. The molecule has 6 heteroatoms. The van der Waals surface area contributed by atoms with E-state index in [0.29, 0.717) is 12.4 Å². The summed E-state index contributed by atoms with van der Waals surface area (Å²) in [6.45, 7) is 2.43. The largest absolute Gasteiger partial charge is 0.493 e. The number of benzene rings is 2. The minimum Gasteiger partial charge on any atom is -0.493 e. The molecule has 0 radical (unpaired) electrons. The molecule has 2 aromatic carbocycles.